The van der Waals surface area contributed by atoms with Gasteiger partial charge in [-0.1, -0.05) is 16.8 Å². The third kappa shape index (κ3) is 2.96. The van der Waals surface area contributed by atoms with Crippen molar-refractivity contribution in [1.82, 2.24) is 25.3 Å². The van der Waals surface area contributed by atoms with Crippen LogP contribution in [0.25, 0.3) is 11.2 Å². The van der Waals surface area contributed by atoms with Crippen LogP contribution in [0.4, 0.5) is 5.82 Å². The van der Waals surface area contributed by atoms with Crippen LogP contribution in [0, 0.1) is 0 Å². The molecule has 128 valence electrons. The first kappa shape index (κ1) is 15.6. The number of ether oxygens (including phenoxy) is 1. The molecule has 1 fully saturated rings. The zero-order chi connectivity index (χ0) is 17.4. The Morgan fingerprint density at radius 3 is 2.96 bits per heavy atom. The summed E-state index contributed by atoms with van der Waals surface area (Å²) in [5, 5.41) is 10.8. The van der Waals surface area contributed by atoms with Crippen molar-refractivity contribution < 1.29 is 9.53 Å². The lowest BCUT2D eigenvalue weighted by Crippen LogP contribution is -2.42. The topological polar surface area (TPSA) is 110 Å². The Bertz CT molecular complexity index is 953. The van der Waals surface area contributed by atoms with Crippen LogP contribution in [-0.2, 0) is 6.61 Å². The molecular weight excluding hydrogens is 344 g/mol. The zero-order valence-corrected chi connectivity index (χ0v) is 14.0. The van der Waals surface area contributed by atoms with E-state index in [9.17, 15) is 4.79 Å². The number of aromatic nitrogens is 4. The van der Waals surface area contributed by atoms with Crippen LogP contribution in [0.15, 0.2) is 24.3 Å². The molecule has 1 aliphatic rings. The average molecular weight is 359 g/mol. The first-order valence-corrected chi connectivity index (χ1v) is 8.17. The molecule has 8 nitrogen and oxygen atoms in total. The third-order valence-electron chi connectivity index (χ3n) is 4.10. The second-order valence-corrected chi connectivity index (χ2v) is 6.20. The number of rotatable bonds is 4. The molecule has 3 heterocycles. The second kappa shape index (κ2) is 6.21. The maximum absolute atomic E-state index is 12.3. The number of benzene rings is 1. The van der Waals surface area contributed by atoms with Gasteiger partial charge in [-0.15, -0.1) is 5.10 Å². The van der Waals surface area contributed by atoms with Gasteiger partial charge in [-0.25, -0.2) is 10.1 Å². The standard InChI is InChI=1S/C16H15ClN6O2/c17-11-3-2-9(16(24)23-4-1-5-23)6-10(11)8-25-12-7-13(18)19-15-14(12)20-22-21-15/h2-3,6-7H,1,4-5,8H2,(H3,18,19,20,21,22). The summed E-state index contributed by atoms with van der Waals surface area (Å²) in [6, 6.07) is 6.77. The number of nitrogen functional groups attached to an aromatic ring is 1. The number of likely N-dealkylation sites (tertiary alicyclic amines) is 1. The summed E-state index contributed by atoms with van der Waals surface area (Å²) in [6.07, 6.45) is 1.05. The maximum Gasteiger partial charge on any atom is 0.253 e. The molecule has 2 aromatic heterocycles. The summed E-state index contributed by atoms with van der Waals surface area (Å²) in [5.74, 6) is 0.754. The van der Waals surface area contributed by atoms with Gasteiger partial charge in [-0.3, -0.25) is 4.79 Å². The highest BCUT2D eigenvalue weighted by atomic mass is 35.5. The Hall–Kier alpha value is -2.87. The summed E-state index contributed by atoms with van der Waals surface area (Å²) in [7, 11) is 0. The normalized spacial score (nSPS) is 13.7. The minimum atomic E-state index is 0.0104. The molecule has 3 aromatic rings. The van der Waals surface area contributed by atoms with E-state index in [0.29, 0.717) is 38.9 Å². The van der Waals surface area contributed by atoms with Gasteiger partial charge in [0.1, 0.15) is 12.4 Å². The Balaban J connectivity index is 1.57. The average Bonchev–Trinajstić information content (AvgIpc) is 3.00. The summed E-state index contributed by atoms with van der Waals surface area (Å²) < 4.78 is 5.81. The number of amides is 1. The number of pyridine rings is 1. The van der Waals surface area contributed by atoms with Gasteiger partial charge >= 0.3 is 0 Å². The van der Waals surface area contributed by atoms with Gasteiger partial charge in [0.25, 0.3) is 5.91 Å². The van der Waals surface area contributed by atoms with Crippen LogP contribution >= 0.6 is 11.6 Å². The fraction of sp³-hybridized carbons (Fsp3) is 0.250. The first-order valence-electron chi connectivity index (χ1n) is 7.79. The van der Waals surface area contributed by atoms with Crippen LogP contribution in [0.5, 0.6) is 5.75 Å². The maximum atomic E-state index is 12.3. The Labute approximate surface area is 147 Å². The van der Waals surface area contributed by atoms with Gasteiger partial charge in [0, 0.05) is 35.3 Å². The quantitative estimate of drug-likeness (QED) is 0.738. The fourth-order valence-corrected chi connectivity index (χ4v) is 2.79. The third-order valence-corrected chi connectivity index (χ3v) is 4.47. The molecule has 1 aliphatic heterocycles. The van der Waals surface area contributed by atoms with Gasteiger partial charge in [0.15, 0.2) is 16.9 Å². The molecule has 0 saturated carbocycles. The van der Waals surface area contributed by atoms with Crippen LogP contribution in [0.1, 0.15) is 22.3 Å². The van der Waals surface area contributed by atoms with Crippen molar-refractivity contribution in [3.63, 3.8) is 0 Å². The molecule has 4 rings (SSSR count). The molecule has 0 unspecified atom stereocenters. The van der Waals surface area contributed by atoms with Crippen molar-refractivity contribution >= 4 is 34.5 Å². The molecule has 0 bridgehead atoms. The van der Waals surface area contributed by atoms with E-state index >= 15 is 0 Å². The number of hydrogen-bond acceptors (Lipinski definition) is 6. The minimum absolute atomic E-state index is 0.0104. The number of carbonyl (C=O) groups is 1. The molecule has 1 aromatic carbocycles. The predicted octanol–water partition coefficient (Wildman–Crippen LogP) is 2.01. The second-order valence-electron chi connectivity index (χ2n) is 5.79. The number of carbonyl (C=O) groups excluding carboxylic acids is 1. The predicted molar refractivity (Wildman–Crippen MR) is 92.4 cm³/mol. The number of anilines is 1. The van der Waals surface area contributed by atoms with Gasteiger partial charge in [0.2, 0.25) is 0 Å². The highest BCUT2D eigenvalue weighted by molar-refractivity contribution is 6.31. The van der Waals surface area contributed by atoms with E-state index in [1.807, 2.05) is 0 Å². The van der Waals surface area contributed by atoms with Crippen LogP contribution in [0.3, 0.4) is 0 Å². The molecule has 0 atom stereocenters. The van der Waals surface area contributed by atoms with Crippen molar-refractivity contribution in [2.75, 3.05) is 18.8 Å². The highest BCUT2D eigenvalue weighted by Crippen LogP contribution is 2.26. The van der Waals surface area contributed by atoms with E-state index in [1.165, 1.54) is 0 Å². The summed E-state index contributed by atoms with van der Waals surface area (Å²) in [5.41, 5.74) is 8.00. The van der Waals surface area contributed by atoms with Crippen molar-refractivity contribution in [1.29, 1.82) is 0 Å². The van der Waals surface area contributed by atoms with Crippen LogP contribution in [-0.4, -0.2) is 44.3 Å². The lowest BCUT2D eigenvalue weighted by molar-refractivity contribution is 0.0651. The molecule has 1 amide bonds. The van der Waals surface area contributed by atoms with Crippen LogP contribution in [0.2, 0.25) is 5.02 Å². The molecular formula is C16H15ClN6O2. The SMILES string of the molecule is Nc1cc(OCc2cc(C(=O)N3CCC3)ccc2Cl)c2nn[nH]c2n1. The van der Waals surface area contributed by atoms with Gasteiger partial charge in [-0.2, -0.15) is 0 Å². The van der Waals surface area contributed by atoms with E-state index in [0.717, 1.165) is 19.5 Å². The van der Waals surface area contributed by atoms with E-state index < -0.39 is 0 Å². The number of hydrogen-bond donors (Lipinski definition) is 2. The fourth-order valence-electron chi connectivity index (χ4n) is 2.62. The number of nitrogens with one attached hydrogen (secondary N) is 1. The molecule has 0 radical (unpaired) electrons. The highest BCUT2D eigenvalue weighted by Gasteiger charge is 2.22. The number of aromatic amines is 1. The lowest BCUT2D eigenvalue weighted by atomic mass is 10.1. The number of H-pyrrole nitrogens is 1. The van der Waals surface area contributed by atoms with Crippen molar-refractivity contribution in [2.24, 2.45) is 0 Å². The Morgan fingerprint density at radius 1 is 1.36 bits per heavy atom. The van der Waals surface area contributed by atoms with Gasteiger partial charge in [-0.05, 0) is 24.6 Å². The number of fused-ring (bicyclic) bond motifs is 1. The first-order chi connectivity index (χ1) is 12.1. The van der Waals surface area contributed by atoms with Gasteiger partial charge < -0.3 is 15.4 Å². The summed E-state index contributed by atoms with van der Waals surface area (Å²) in [6.45, 7) is 1.77. The van der Waals surface area contributed by atoms with Crippen molar-refractivity contribution in [3.8, 4) is 5.75 Å². The van der Waals surface area contributed by atoms with Crippen molar-refractivity contribution in [2.45, 2.75) is 13.0 Å². The molecule has 0 spiro atoms. The van der Waals surface area contributed by atoms with Gasteiger partial charge in [0.05, 0.1) is 0 Å². The van der Waals surface area contributed by atoms with E-state index in [1.54, 1.807) is 29.2 Å². The number of halogens is 1. The van der Waals surface area contributed by atoms with E-state index in [2.05, 4.69) is 20.4 Å². The summed E-state index contributed by atoms with van der Waals surface area (Å²) in [4.78, 5) is 18.2. The molecule has 3 N–H and O–H groups in total. The van der Waals surface area contributed by atoms with Crippen molar-refractivity contribution in [3.05, 3.63) is 40.4 Å². The van der Waals surface area contributed by atoms with E-state index in [-0.39, 0.29) is 12.5 Å². The largest absolute Gasteiger partial charge is 0.486 e. The molecule has 0 aliphatic carbocycles. The molecule has 1 saturated heterocycles. The Morgan fingerprint density at radius 2 is 2.20 bits per heavy atom. The minimum Gasteiger partial charge on any atom is -0.486 e. The molecule has 9 heteroatoms. The smallest absolute Gasteiger partial charge is 0.253 e. The lowest BCUT2D eigenvalue weighted by Gasteiger charge is -2.31. The van der Waals surface area contributed by atoms with E-state index in [4.69, 9.17) is 22.1 Å². The zero-order valence-electron chi connectivity index (χ0n) is 13.2. The summed E-state index contributed by atoms with van der Waals surface area (Å²) >= 11 is 6.25. The number of nitrogens with two attached hydrogens (primary N) is 1. The molecule has 25 heavy (non-hydrogen) atoms. The number of nitrogens with zero attached hydrogens (tertiary/aromatic N) is 4. The monoisotopic (exact) mass is 358 g/mol. The Kier molecular flexibility index (Phi) is 3.89. The van der Waals surface area contributed by atoms with Crippen LogP contribution < -0.4 is 10.5 Å².